The van der Waals surface area contributed by atoms with Crippen molar-refractivity contribution in [3.05, 3.63) is 35.4 Å². The van der Waals surface area contributed by atoms with E-state index in [1.165, 1.54) is 19.4 Å². The van der Waals surface area contributed by atoms with Gasteiger partial charge in [0.05, 0.1) is 0 Å². The smallest absolute Gasteiger partial charge is 0.0345 e. The third kappa shape index (κ3) is 1.49. The summed E-state index contributed by atoms with van der Waals surface area (Å²) in [6.45, 7) is 3.47. The first kappa shape index (κ1) is 8.76. The minimum atomic E-state index is 0.643. The monoisotopic (exact) mass is 175 g/mol. The molecule has 2 rings (SSSR count). The molecule has 0 aromatic heterocycles. The highest BCUT2D eigenvalue weighted by Crippen LogP contribution is 2.30. The molecular weight excluding hydrogens is 158 g/mol. The van der Waals surface area contributed by atoms with Gasteiger partial charge in [-0.05, 0) is 31.0 Å². The van der Waals surface area contributed by atoms with Gasteiger partial charge in [0.25, 0.3) is 0 Å². The van der Waals surface area contributed by atoms with Crippen LogP contribution in [0.25, 0.3) is 0 Å². The molecular formula is C12H17N. The summed E-state index contributed by atoms with van der Waals surface area (Å²) < 4.78 is 0. The molecule has 1 nitrogen and oxygen atoms in total. The minimum Gasteiger partial charge on any atom is -0.299 e. The van der Waals surface area contributed by atoms with Gasteiger partial charge in [0.1, 0.15) is 0 Å². The Hall–Kier alpha value is -0.820. The third-order valence-electron chi connectivity index (χ3n) is 3.07. The molecule has 0 saturated heterocycles. The van der Waals surface area contributed by atoms with E-state index in [1.807, 2.05) is 0 Å². The first-order chi connectivity index (χ1) is 6.33. The Balaban J connectivity index is 2.39. The standard InChI is InChI=1S/C12H17N/c1-3-12-11-7-5-4-6-10(11)8-9-13(12)2/h4-7,12H,3,8-9H2,1-2H3/t12-/m1/s1. The highest BCUT2D eigenvalue weighted by atomic mass is 15.1. The summed E-state index contributed by atoms with van der Waals surface area (Å²) in [5.41, 5.74) is 3.09. The van der Waals surface area contributed by atoms with E-state index in [2.05, 4.69) is 43.1 Å². The van der Waals surface area contributed by atoms with Crippen molar-refractivity contribution >= 4 is 0 Å². The van der Waals surface area contributed by atoms with Crippen LogP contribution >= 0.6 is 0 Å². The van der Waals surface area contributed by atoms with Gasteiger partial charge in [0.2, 0.25) is 0 Å². The molecule has 0 N–H and O–H groups in total. The number of nitrogens with zero attached hydrogens (tertiary/aromatic N) is 1. The van der Waals surface area contributed by atoms with E-state index in [0.29, 0.717) is 6.04 Å². The van der Waals surface area contributed by atoms with E-state index in [0.717, 1.165) is 0 Å². The maximum Gasteiger partial charge on any atom is 0.0345 e. The number of likely N-dealkylation sites (N-methyl/N-ethyl adjacent to an activating group) is 1. The number of rotatable bonds is 1. The lowest BCUT2D eigenvalue weighted by Gasteiger charge is -2.33. The fourth-order valence-electron chi connectivity index (χ4n) is 2.31. The van der Waals surface area contributed by atoms with Crippen LogP contribution in [0.15, 0.2) is 24.3 Å². The van der Waals surface area contributed by atoms with Gasteiger partial charge >= 0.3 is 0 Å². The topological polar surface area (TPSA) is 3.24 Å². The Morgan fingerprint density at radius 3 is 2.92 bits per heavy atom. The molecule has 0 amide bonds. The summed E-state index contributed by atoms with van der Waals surface area (Å²) in [7, 11) is 2.23. The van der Waals surface area contributed by atoms with Gasteiger partial charge in [0, 0.05) is 12.6 Å². The van der Waals surface area contributed by atoms with E-state index >= 15 is 0 Å². The van der Waals surface area contributed by atoms with Gasteiger partial charge in [-0.2, -0.15) is 0 Å². The van der Waals surface area contributed by atoms with Crippen molar-refractivity contribution in [2.24, 2.45) is 0 Å². The lowest BCUT2D eigenvalue weighted by atomic mass is 9.92. The summed E-state index contributed by atoms with van der Waals surface area (Å²) in [5, 5.41) is 0. The maximum atomic E-state index is 2.46. The summed E-state index contributed by atoms with van der Waals surface area (Å²) in [6, 6.07) is 9.49. The van der Waals surface area contributed by atoms with Gasteiger partial charge < -0.3 is 0 Å². The summed E-state index contributed by atoms with van der Waals surface area (Å²) in [5.74, 6) is 0. The quantitative estimate of drug-likeness (QED) is 0.634. The normalized spacial score (nSPS) is 22.8. The molecule has 0 spiro atoms. The van der Waals surface area contributed by atoms with Crippen LogP contribution < -0.4 is 0 Å². The zero-order valence-corrected chi connectivity index (χ0v) is 8.46. The SMILES string of the molecule is CC[C@@H]1c2ccccc2CCN1C. The highest BCUT2D eigenvalue weighted by Gasteiger charge is 2.21. The maximum absolute atomic E-state index is 2.46. The summed E-state index contributed by atoms with van der Waals surface area (Å²) >= 11 is 0. The Labute approximate surface area is 80.4 Å². The zero-order chi connectivity index (χ0) is 9.26. The second-order valence-corrected chi connectivity index (χ2v) is 3.85. The summed E-state index contributed by atoms with van der Waals surface area (Å²) in [6.07, 6.45) is 2.43. The van der Waals surface area contributed by atoms with Gasteiger partial charge in [0.15, 0.2) is 0 Å². The van der Waals surface area contributed by atoms with E-state index in [-0.39, 0.29) is 0 Å². The number of fused-ring (bicyclic) bond motifs is 1. The molecule has 0 radical (unpaired) electrons. The van der Waals surface area contributed by atoms with Crippen LogP contribution in [0.4, 0.5) is 0 Å². The van der Waals surface area contributed by atoms with Crippen molar-refractivity contribution < 1.29 is 0 Å². The predicted octanol–water partition coefficient (Wildman–Crippen LogP) is 2.63. The van der Waals surface area contributed by atoms with Gasteiger partial charge in [-0.1, -0.05) is 31.2 Å². The fourth-order valence-corrected chi connectivity index (χ4v) is 2.31. The van der Waals surface area contributed by atoms with Crippen molar-refractivity contribution in [3.63, 3.8) is 0 Å². The number of benzene rings is 1. The molecule has 70 valence electrons. The van der Waals surface area contributed by atoms with E-state index in [4.69, 9.17) is 0 Å². The number of hydrogen-bond acceptors (Lipinski definition) is 1. The van der Waals surface area contributed by atoms with Crippen molar-refractivity contribution in [1.82, 2.24) is 4.90 Å². The molecule has 0 aliphatic carbocycles. The lowest BCUT2D eigenvalue weighted by Crippen LogP contribution is -2.31. The molecule has 0 unspecified atom stereocenters. The molecule has 1 aliphatic rings. The Bertz CT molecular complexity index is 293. The Morgan fingerprint density at radius 1 is 1.38 bits per heavy atom. The third-order valence-corrected chi connectivity index (χ3v) is 3.07. The first-order valence-electron chi connectivity index (χ1n) is 5.11. The molecule has 1 heteroatoms. The van der Waals surface area contributed by atoms with Crippen LogP contribution in [-0.4, -0.2) is 18.5 Å². The molecule has 1 aromatic carbocycles. The second-order valence-electron chi connectivity index (χ2n) is 3.85. The van der Waals surface area contributed by atoms with Crippen LogP contribution in [-0.2, 0) is 6.42 Å². The van der Waals surface area contributed by atoms with E-state index < -0.39 is 0 Å². The number of hydrogen-bond donors (Lipinski definition) is 0. The fraction of sp³-hybridized carbons (Fsp3) is 0.500. The minimum absolute atomic E-state index is 0.643. The van der Waals surface area contributed by atoms with Crippen LogP contribution in [0, 0.1) is 0 Å². The predicted molar refractivity (Wildman–Crippen MR) is 55.8 cm³/mol. The second kappa shape index (κ2) is 3.51. The van der Waals surface area contributed by atoms with Crippen LogP contribution in [0.2, 0.25) is 0 Å². The first-order valence-corrected chi connectivity index (χ1v) is 5.11. The molecule has 0 fully saturated rings. The van der Waals surface area contributed by atoms with Crippen LogP contribution in [0.1, 0.15) is 30.5 Å². The Morgan fingerprint density at radius 2 is 2.15 bits per heavy atom. The highest BCUT2D eigenvalue weighted by molar-refractivity contribution is 5.32. The van der Waals surface area contributed by atoms with Crippen molar-refractivity contribution in [2.45, 2.75) is 25.8 Å². The molecule has 1 aromatic rings. The molecule has 0 bridgehead atoms. The molecule has 1 atom stereocenters. The molecule has 0 saturated carbocycles. The lowest BCUT2D eigenvalue weighted by molar-refractivity contribution is 0.225. The largest absolute Gasteiger partial charge is 0.299 e. The van der Waals surface area contributed by atoms with Crippen molar-refractivity contribution in [1.29, 1.82) is 0 Å². The molecule has 13 heavy (non-hydrogen) atoms. The van der Waals surface area contributed by atoms with Gasteiger partial charge in [-0.15, -0.1) is 0 Å². The molecule has 1 aliphatic heterocycles. The average molecular weight is 175 g/mol. The van der Waals surface area contributed by atoms with Crippen LogP contribution in [0.3, 0.4) is 0 Å². The Kier molecular flexibility index (Phi) is 2.36. The van der Waals surface area contributed by atoms with Gasteiger partial charge in [-0.3, -0.25) is 4.90 Å². The van der Waals surface area contributed by atoms with E-state index in [9.17, 15) is 0 Å². The van der Waals surface area contributed by atoms with Crippen molar-refractivity contribution in [2.75, 3.05) is 13.6 Å². The summed E-state index contributed by atoms with van der Waals surface area (Å²) in [4.78, 5) is 2.46. The van der Waals surface area contributed by atoms with Gasteiger partial charge in [-0.25, -0.2) is 0 Å². The zero-order valence-electron chi connectivity index (χ0n) is 8.46. The van der Waals surface area contributed by atoms with Crippen LogP contribution in [0.5, 0.6) is 0 Å². The van der Waals surface area contributed by atoms with E-state index in [1.54, 1.807) is 11.1 Å². The van der Waals surface area contributed by atoms with Crippen molar-refractivity contribution in [3.8, 4) is 0 Å². The molecule has 1 heterocycles. The average Bonchev–Trinajstić information content (AvgIpc) is 2.18.